The Morgan fingerprint density at radius 3 is 2.52 bits per heavy atom. The van der Waals surface area contributed by atoms with Gasteiger partial charge >= 0.3 is 0 Å². The van der Waals surface area contributed by atoms with E-state index in [1.165, 1.54) is 6.07 Å². The zero-order valence-electron chi connectivity index (χ0n) is 18.9. The van der Waals surface area contributed by atoms with Crippen molar-refractivity contribution < 1.29 is 26.3 Å². The fourth-order valence-corrected chi connectivity index (χ4v) is 5.48. The molecule has 0 amide bonds. The maximum atomic E-state index is 15.1. The molecule has 12 heteroatoms. The lowest BCUT2D eigenvalue weighted by molar-refractivity contribution is -0.0939. The molecule has 0 bridgehead atoms. The van der Waals surface area contributed by atoms with Crippen LogP contribution in [0.1, 0.15) is 20.3 Å². The van der Waals surface area contributed by atoms with Gasteiger partial charge in [0.05, 0.1) is 5.69 Å². The van der Waals surface area contributed by atoms with Crippen LogP contribution in [0.4, 0.5) is 24.7 Å². The number of nitrogens with one attached hydrogen (secondary N) is 1. The van der Waals surface area contributed by atoms with Crippen LogP contribution in [0.5, 0.6) is 0 Å². The Morgan fingerprint density at radius 1 is 1.27 bits per heavy atom. The quantitative estimate of drug-likeness (QED) is 0.453. The lowest BCUT2D eigenvalue weighted by atomic mass is 9.80. The number of likely N-dealkylation sites (N-methyl/N-ethyl adjacent to an activating group) is 1. The van der Waals surface area contributed by atoms with Crippen LogP contribution in [0.2, 0.25) is 5.02 Å². The molecule has 1 aliphatic rings. The van der Waals surface area contributed by atoms with Crippen molar-refractivity contribution in [3.63, 3.8) is 0 Å². The highest BCUT2D eigenvalue weighted by Gasteiger charge is 2.51. The van der Waals surface area contributed by atoms with Gasteiger partial charge in [-0.15, -0.1) is 0 Å². The molecule has 1 aromatic carbocycles. The second-order valence-electron chi connectivity index (χ2n) is 8.61. The van der Waals surface area contributed by atoms with Crippen LogP contribution in [0.15, 0.2) is 29.2 Å². The van der Waals surface area contributed by atoms with E-state index in [2.05, 4.69) is 4.98 Å². The zero-order valence-corrected chi connectivity index (χ0v) is 20.5. The van der Waals surface area contributed by atoms with E-state index in [9.17, 15) is 17.2 Å². The first-order valence-electron chi connectivity index (χ1n) is 10.1. The Hall–Kier alpha value is -2.08. The van der Waals surface area contributed by atoms with E-state index in [-0.39, 0.29) is 12.2 Å². The van der Waals surface area contributed by atoms with E-state index in [4.69, 9.17) is 16.3 Å². The number of sulfonamides is 1. The van der Waals surface area contributed by atoms with Crippen molar-refractivity contribution in [2.75, 3.05) is 43.9 Å². The number of aromatic nitrogens is 1. The summed E-state index contributed by atoms with van der Waals surface area (Å²) in [5, 5.41) is -0.543. The summed E-state index contributed by atoms with van der Waals surface area (Å²) in [5.74, 6) is -4.17. The second-order valence-corrected chi connectivity index (χ2v) is 10.6. The van der Waals surface area contributed by atoms with Crippen molar-refractivity contribution in [2.45, 2.75) is 36.3 Å². The highest BCUT2D eigenvalue weighted by Crippen LogP contribution is 2.43. The largest absolute Gasteiger partial charge is 0.374 e. The van der Waals surface area contributed by atoms with Crippen LogP contribution in [-0.2, 0) is 14.8 Å². The van der Waals surface area contributed by atoms with Crippen molar-refractivity contribution in [1.29, 1.82) is 0 Å². The highest BCUT2D eigenvalue weighted by atomic mass is 35.5. The van der Waals surface area contributed by atoms with Crippen molar-refractivity contribution in [3.05, 3.63) is 46.9 Å². The van der Waals surface area contributed by atoms with Crippen molar-refractivity contribution in [3.8, 4) is 0 Å². The summed E-state index contributed by atoms with van der Waals surface area (Å²) in [7, 11) is 0.628. The van der Waals surface area contributed by atoms with E-state index in [1.807, 2.05) is 37.6 Å². The van der Waals surface area contributed by atoms with E-state index in [0.29, 0.717) is 13.0 Å². The monoisotopic (exact) mass is 506 g/mol. The molecule has 1 saturated heterocycles. The Bertz CT molecular complexity index is 1160. The topological polar surface area (TPSA) is 74.8 Å². The minimum Gasteiger partial charge on any atom is -0.374 e. The summed E-state index contributed by atoms with van der Waals surface area (Å²) < 4.78 is 76.4. The summed E-state index contributed by atoms with van der Waals surface area (Å²) in [6.45, 7) is 4.68. The van der Waals surface area contributed by atoms with Crippen LogP contribution in [0, 0.1) is 17.6 Å². The Morgan fingerprint density at radius 2 is 1.94 bits per heavy atom. The first-order valence-corrected chi connectivity index (χ1v) is 11.9. The molecule has 1 N–H and O–H groups in total. The standard InChI is InChI=1S/C21H26ClF3N4O3S/c1-20(2,28(3)4)21(32-5)9-10-29(12-21)14-11-13(23)19(18(25)17(14)22)33(30,31)27-16-8-6-7-15(24)26-16/h6-8,11H,9-10,12H2,1-5H3,(H,26,27)/t21-/m1/s1. The first kappa shape index (κ1) is 25.5. The van der Waals surface area contributed by atoms with Crippen LogP contribution in [0.3, 0.4) is 0 Å². The molecule has 33 heavy (non-hydrogen) atoms. The molecular weight excluding hydrogens is 481 g/mol. The molecule has 182 valence electrons. The first-order chi connectivity index (χ1) is 15.3. The molecule has 0 saturated carbocycles. The maximum Gasteiger partial charge on any atom is 0.268 e. The number of pyridine rings is 1. The number of halogens is 4. The number of ether oxygens (including phenoxy) is 1. The number of hydrogen-bond donors (Lipinski definition) is 1. The molecule has 0 unspecified atom stereocenters. The van der Waals surface area contributed by atoms with Gasteiger partial charge in [-0.25, -0.2) is 22.2 Å². The molecule has 1 aliphatic heterocycles. The van der Waals surface area contributed by atoms with Gasteiger partial charge in [0, 0.05) is 31.8 Å². The summed E-state index contributed by atoms with van der Waals surface area (Å²) in [5.41, 5.74) is -1.07. The molecule has 0 spiro atoms. The average Bonchev–Trinajstić information content (AvgIpc) is 3.16. The predicted molar refractivity (Wildman–Crippen MR) is 121 cm³/mol. The van der Waals surface area contributed by atoms with Gasteiger partial charge in [0.2, 0.25) is 5.95 Å². The molecular formula is C21H26ClF3N4O3S. The van der Waals surface area contributed by atoms with Crippen LogP contribution in [0.25, 0.3) is 0 Å². The number of anilines is 2. The van der Waals surface area contributed by atoms with Crippen LogP contribution < -0.4 is 9.62 Å². The van der Waals surface area contributed by atoms with Gasteiger partial charge < -0.3 is 14.5 Å². The fraction of sp³-hybridized carbons (Fsp3) is 0.476. The van der Waals surface area contributed by atoms with Crippen molar-refractivity contribution >= 4 is 33.1 Å². The van der Waals surface area contributed by atoms with Gasteiger partial charge in [0.1, 0.15) is 22.3 Å². The Labute approximate surface area is 196 Å². The van der Waals surface area contributed by atoms with Crippen molar-refractivity contribution in [2.24, 2.45) is 0 Å². The summed E-state index contributed by atoms with van der Waals surface area (Å²) in [6, 6.07) is 4.23. The molecule has 3 rings (SSSR count). The van der Waals surface area contributed by atoms with Crippen LogP contribution >= 0.6 is 11.6 Å². The predicted octanol–water partition coefficient (Wildman–Crippen LogP) is 3.89. The minimum atomic E-state index is -4.78. The Balaban J connectivity index is 1.98. The average molecular weight is 507 g/mol. The van der Waals surface area contributed by atoms with E-state index >= 15 is 4.39 Å². The highest BCUT2D eigenvalue weighted by molar-refractivity contribution is 7.92. The minimum absolute atomic E-state index is 0.0166. The smallest absolute Gasteiger partial charge is 0.268 e. The van der Waals surface area contributed by atoms with Gasteiger partial charge in [-0.1, -0.05) is 17.7 Å². The third kappa shape index (κ3) is 4.51. The molecule has 1 atom stereocenters. The molecule has 2 heterocycles. The number of benzene rings is 1. The third-order valence-electron chi connectivity index (χ3n) is 6.52. The molecule has 0 radical (unpaired) electrons. The van der Waals surface area contributed by atoms with Crippen LogP contribution in [-0.4, -0.2) is 63.7 Å². The number of rotatable bonds is 7. The summed E-state index contributed by atoms with van der Waals surface area (Å²) in [4.78, 5) is 5.75. The molecule has 1 aromatic heterocycles. The van der Waals surface area contributed by atoms with Gasteiger partial charge in [-0.3, -0.25) is 4.72 Å². The van der Waals surface area contributed by atoms with Gasteiger partial charge in [0.15, 0.2) is 10.7 Å². The Kier molecular flexibility index (Phi) is 6.92. The molecule has 1 fully saturated rings. The normalized spacial score (nSPS) is 19.4. The zero-order chi connectivity index (χ0) is 24.8. The summed E-state index contributed by atoms with van der Waals surface area (Å²) >= 11 is 6.20. The SMILES string of the molecule is CO[C@]1(C(C)(C)N(C)C)CCN(c2cc(F)c(S(=O)(=O)Nc3cccc(F)n3)c(F)c2Cl)C1. The summed E-state index contributed by atoms with van der Waals surface area (Å²) in [6.07, 6.45) is 0.557. The van der Waals surface area contributed by atoms with E-state index < -0.39 is 54.5 Å². The third-order valence-corrected chi connectivity index (χ3v) is 8.27. The number of methoxy groups -OCH3 is 1. The van der Waals surface area contributed by atoms with Crippen molar-refractivity contribution in [1.82, 2.24) is 9.88 Å². The molecule has 0 aliphatic carbocycles. The second kappa shape index (κ2) is 8.94. The van der Waals surface area contributed by atoms with Gasteiger partial charge in [-0.2, -0.15) is 4.39 Å². The lowest BCUT2D eigenvalue weighted by Crippen LogP contribution is -2.60. The number of nitrogens with zero attached hydrogens (tertiary/aromatic N) is 3. The van der Waals surface area contributed by atoms with E-state index in [0.717, 1.165) is 18.2 Å². The van der Waals surface area contributed by atoms with Gasteiger partial charge in [-0.05, 0) is 46.5 Å². The lowest BCUT2D eigenvalue weighted by Gasteiger charge is -2.47. The molecule has 7 nitrogen and oxygen atoms in total. The number of hydrogen-bond acceptors (Lipinski definition) is 6. The fourth-order valence-electron chi connectivity index (χ4n) is 4.01. The molecule has 2 aromatic rings. The van der Waals surface area contributed by atoms with E-state index in [1.54, 1.807) is 12.0 Å². The maximum absolute atomic E-state index is 15.1. The van der Waals surface area contributed by atoms with Gasteiger partial charge in [0.25, 0.3) is 10.0 Å².